The van der Waals surface area contributed by atoms with Crippen molar-refractivity contribution in [2.24, 2.45) is 0 Å². The first kappa shape index (κ1) is 14.7. The maximum Gasteiger partial charge on any atom is 0.408 e. The summed E-state index contributed by atoms with van der Waals surface area (Å²) in [6.45, 7) is 5.15. The number of nitrogens with one attached hydrogen (secondary N) is 1. The third-order valence-electron chi connectivity index (χ3n) is 1.68. The zero-order valence-corrected chi connectivity index (χ0v) is 10.2. The van der Waals surface area contributed by atoms with Crippen LogP contribution in [0.5, 0.6) is 0 Å². The summed E-state index contributed by atoms with van der Waals surface area (Å²) < 4.78 is 22.0. The van der Waals surface area contributed by atoms with E-state index in [1.54, 1.807) is 20.8 Å². The third kappa shape index (κ3) is 4.46. The minimum absolute atomic E-state index is 0.711. The number of hydrogen-bond acceptors (Lipinski definition) is 4. The van der Waals surface area contributed by atoms with Gasteiger partial charge >= 0.3 is 12.1 Å². The SMILES string of the molecule is COC(=O)C(C)(CF)NC(=O)OC(C)(C)C. The fourth-order valence-electron chi connectivity index (χ4n) is 0.893. The summed E-state index contributed by atoms with van der Waals surface area (Å²) in [4.78, 5) is 22.6. The van der Waals surface area contributed by atoms with Gasteiger partial charge < -0.3 is 14.8 Å². The van der Waals surface area contributed by atoms with E-state index in [0.717, 1.165) is 7.11 Å². The van der Waals surface area contributed by atoms with E-state index in [4.69, 9.17) is 4.74 Å². The van der Waals surface area contributed by atoms with Crippen LogP contribution in [-0.4, -0.2) is 37.0 Å². The van der Waals surface area contributed by atoms with Gasteiger partial charge in [0.1, 0.15) is 12.3 Å². The van der Waals surface area contributed by atoms with Crippen molar-refractivity contribution in [3.63, 3.8) is 0 Å². The lowest BCUT2D eigenvalue weighted by Gasteiger charge is -2.27. The van der Waals surface area contributed by atoms with E-state index in [-0.39, 0.29) is 0 Å². The van der Waals surface area contributed by atoms with Crippen LogP contribution >= 0.6 is 0 Å². The van der Waals surface area contributed by atoms with E-state index >= 15 is 0 Å². The van der Waals surface area contributed by atoms with Crippen molar-refractivity contribution in [1.82, 2.24) is 5.32 Å². The second-order valence-corrected chi connectivity index (χ2v) is 4.58. The summed E-state index contributed by atoms with van der Waals surface area (Å²) in [5.74, 6) is -0.860. The van der Waals surface area contributed by atoms with E-state index in [1.807, 2.05) is 0 Å². The summed E-state index contributed by atoms with van der Waals surface area (Å²) in [5, 5.41) is 2.14. The van der Waals surface area contributed by atoms with E-state index in [0.29, 0.717) is 0 Å². The number of halogens is 1. The molecule has 0 aliphatic heterocycles. The Morgan fingerprint density at radius 3 is 2.06 bits per heavy atom. The van der Waals surface area contributed by atoms with Crippen molar-refractivity contribution in [3.8, 4) is 0 Å². The average Bonchev–Trinajstić information content (AvgIpc) is 2.13. The van der Waals surface area contributed by atoms with Crippen molar-refractivity contribution < 1.29 is 23.5 Å². The van der Waals surface area contributed by atoms with E-state index in [9.17, 15) is 14.0 Å². The fourth-order valence-corrected chi connectivity index (χ4v) is 0.893. The first-order chi connectivity index (χ1) is 7.14. The van der Waals surface area contributed by atoms with Gasteiger partial charge in [0.2, 0.25) is 0 Å². The zero-order valence-electron chi connectivity index (χ0n) is 10.2. The maximum atomic E-state index is 12.7. The summed E-state index contributed by atoms with van der Waals surface area (Å²) in [6.07, 6.45) is -0.863. The Hall–Kier alpha value is -1.33. The third-order valence-corrected chi connectivity index (χ3v) is 1.68. The number of alkyl halides is 1. The van der Waals surface area contributed by atoms with Crippen LogP contribution in [0.3, 0.4) is 0 Å². The summed E-state index contributed by atoms with van der Waals surface area (Å²) >= 11 is 0. The summed E-state index contributed by atoms with van der Waals surface area (Å²) in [5.41, 5.74) is -2.42. The smallest absolute Gasteiger partial charge is 0.408 e. The van der Waals surface area contributed by atoms with Gasteiger partial charge in [-0.05, 0) is 27.7 Å². The Morgan fingerprint density at radius 2 is 1.75 bits per heavy atom. The molecule has 16 heavy (non-hydrogen) atoms. The molecule has 0 aliphatic rings. The van der Waals surface area contributed by atoms with E-state index in [1.165, 1.54) is 6.92 Å². The number of carbonyl (C=O) groups is 2. The molecular formula is C10H18FNO4. The van der Waals surface area contributed by atoms with Gasteiger partial charge in [0.15, 0.2) is 5.54 Å². The lowest BCUT2D eigenvalue weighted by Crippen LogP contribution is -2.55. The van der Waals surface area contributed by atoms with Crippen molar-refractivity contribution in [1.29, 1.82) is 0 Å². The minimum Gasteiger partial charge on any atom is -0.467 e. The first-order valence-corrected chi connectivity index (χ1v) is 4.80. The van der Waals surface area contributed by atoms with Crippen LogP contribution in [0.25, 0.3) is 0 Å². The van der Waals surface area contributed by atoms with Gasteiger partial charge in [-0.1, -0.05) is 0 Å². The molecule has 1 amide bonds. The van der Waals surface area contributed by atoms with Crippen LogP contribution in [0.1, 0.15) is 27.7 Å². The fraction of sp³-hybridized carbons (Fsp3) is 0.800. The number of hydrogen-bond donors (Lipinski definition) is 1. The number of carbonyl (C=O) groups excluding carboxylic acids is 2. The Bertz CT molecular complexity index is 274. The molecular weight excluding hydrogens is 217 g/mol. The highest BCUT2D eigenvalue weighted by Crippen LogP contribution is 2.11. The van der Waals surface area contributed by atoms with Crippen LogP contribution in [-0.2, 0) is 14.3 Å². The summed E-state index contributed by atoms with van der Waals surface area (Å²) in [6, 6.07) is 0. The van der Waals surface area contributed by atoms with Gasteiger partial charge in [-0.15, -0.1) is 0 Å². The molecule has 0 bridgehead atoms. The molecule has 6 heteroatoms. The molecule has 1 unspecified atom stereocenters. The van der Waals surface area contributed by atoms with Crippen molar-refractivity contribution in [2.45, 2.75) is 38.8 Å². The molecule has 0 saturated heterocycles. The second-order valence-electron chi connectivity index (χ2n) is 4.58. The molecule has 0 heterocycles. The van der Waals surface area contributed by atoms with Gasteiger partial charge in [-0.2, -0.15) is 0 Å². The van der Waals surface area contributed by atoms with Crippen LogP contribution < -0.4 is 5.32 Å². The Balaban J connectivity index is 4.55. The summed E-state index contributed by atoms with van der Waals surface area (Å²) in [7, 11) is 1.12. The quantitative estimate of drug-likeness (QED) is 0.751. The molecule has 0 saturated carbocycles. The Labute approximate surface area is 94.3 Å². The van der Waals surface area contributed by atoms with Crippen molar-refractivity contribution >= 4 is 12.1 Å². The topological polar surface area (TPSA) is 64.6 Å². The van der Waals surface area contributed by atoms with E-state index in [2.05, 4.69) is 10.1 Å². The molecule has 0 fully saturated rings. The van der Waals surface area contributed by atoms with Crippen LogP contribution in [0.4, 0.5) is 9.18 Å². The molecule has 1 atom stereocenters. The standard InChI is InChI=1S/C10H18FNO4/c1-9(2,3)16-8(14)12-10(4,6-11)7(13)15-5/h6H2,1-5H3,(H,12,14). The molecule has 5 nitrogen and oxygen atoms in total. The van der Waals surface area contributed by atoms with Gasteiger partial charge in [-0.3, -0.25) is 0 Å². The molecule has 0 radical (unpaired) electrons. The highest BCUT2D eigenvalue weighted by molar-refractivity contribution is 5.85. The number of rotatable bonds is 3. The minimum atomic E-state index is -1.71. The molecule has 0 aromatic heterocycles. The first-order valence-electron chi connectivity index (χ1n) is 4.80. The highest BCUT2D eigenvalue weighted by Gasteiger charge is 2.37. The van der Waals surface area contributed by atoms with Crippen molar-refractivity contribution in [2.75, 3.05) is 13.8 Å². The Morgan fingerprint density at radius 1 is 1.25 bits per heavy atom. The number of ether oxygens (including phenoxy) is 2. The molecule has 1 N–H and O–H groups in total. The lowest BCUT2D eigenvalue weighted by molar-refractivity contribution is -0.148. The van der Waals surface area contributed by atoms with Crippen LogP contribution in [0, 0.1) is 0 Å². The number of alkyl carbamates (subject to hydrolysis) is 1. The number of amides is 1. The van der Waals surface area contributed by atoms with Gasteiger partial charge in [-0.25, -0.2) is 14.0 Å². The largest absolute Gasteiger partial charge is 0.467 e. The van der Waals surface area contributed by atoms with Crippen molar-refractivity contribution in [3.05, 3.63) is 0 Å². The maximum absolute atomic E-state index is 12.7. The molecule has 0 spiro atoms. The number of methoxy groups -OCH3 is 1. The zero-order chi connectivity index (χ0) is 13.0. The molecule has 0 rings (SSSR count). The van der Waals surface area contributed by atoms with E-state index < -0.39 is 29.9 Å². The van der Waals surface area contributed by atoms with Crippen LogP contribution in [0.15, 0.2) is 0 Å². The second kappa shape index (κ2) is 5.14. The number of esters is 1. The molecule has 94 valence electrons. The predicted molar refractivity (Wildman–Crippen MR) is 55.8 cm³/mol. The highest BCUT2D eigenvalue weighted by atomic mass is 19.1. The van der Waals surface area contributed by atoms with Gasteiger partial charge in [0.25, 0.3) is 0 Å². The normalized spacial score (nSPS) is 14.9. The predicted octanol–water partition coefficient (Wildman–Crippen LogP) is 1.41. The molecule has 0 aromatic rings. The molecule has 0 aromatic carbocycles. The monoisotopic (exact) mass is 235 g/mol. The van der Waals surface area contributed by atoms with Crippen LogP contribution in [0.2, 0.25) is 0 Å². The van der Waals surface area contributed by atoms with Gasteiger partial charge in [0.05, 0.1) is 7.11 Å². The Kier molecular flexibility index (Phi) is 4.71. The molecule has 0 aliphatic carbocycles. The lowest BCUT2D eigenvalue weighted by atomic mass is 10.1. The van der Waals surface area contributed by atoms with Gasteiger partial charge in [0, 0.05) is 0 Å². The average molecular weight is 235 g/mol.